The molecule has 2 N–H and O–H groups in total. The van der Waals surface area contributed by atoms with Gasteiger partial charge in [0.1, 0.15) is 0 Å². The van der Waals surface area contributed by atoms with Crippen LogP contribution in [0, 0.1) is 0 Å². The molecule has 1 aliphatic rings. The molecule has 1 heterocycles. The van der Waals surface area contributed by atoms with Crippen LogP contribution in [0.4, 0.5) is 0 Å². The number of nitrogens with one attached hydrogen (secondary N) is 2. The van der Waals surface area contributed by atoms with E-state index in [2.05, 4.69) is 51.7 Å². The number of sulfone groups is 1. The second kappa shape index (κ2) is 11.3. The van der Waals surface area contributed by atoms with E-state index in [1.54, 1.807) is 24.3 Å². The molecular formula is C24H34N4O2S. The van der Waals surface area contributed by atoms with Gasteiger partial charge in [0.15, 0.2) is 15.8 Å². The van der Waals surface area contributed by atoms with Crippen molar-refractivity contribution in [2.24, 2.45) is 4.99 Å². The van der Waals surface area contributed by atoms with E-state index >= 15 is 0 Å². The van der Waals surface area contributed by atoms with Gasteiger partial charge in [0, 0.05) is 38.3 Å². The van der Waals surface area contributed by atoms with Crippen LogP contribution in [0.3, 0.4) is 0 Å². The third-order valence-electron chi connectivity index (χ3n) is 5.56. The highest BCUT2D eigenvalue weighted by atomic mass is 32.2. The minimum absolute atomic E-state index is 0.102. The van der Waals surface area contributed by atoms with Crippen molar-refractivity contribution in [2.75, 3.05) is 25.4 Å². The fourth-order valence-corrected chi connectivity index (χ4v) is 5.26. The van der Waals surface area contributed by atoms with Crippen LogP contribution in [-0.2, 0) is 16.4 Å². The number of likely N-dealkylation sites (tertiary alicyclic amines) is 1. The molecular weight excluding hydrogens is 408 g/mol. The number of hydrogen-bond donors (Lipinski definition) is 2. The number of rotatable bonds is 9. The Bertz CT molecular complexity index is 933. The third-order valence-corrected chi connectivity index (χ3v) is 7.38. The van der Waals surface area contributed by atoms with Gasteiger partial charge in [-0.05, 0) is 44.4 Å². The predicted molar refractivity (Wildman–Crippen MR) is 127 cm³/mol. The molecule has 0 bridgehead atoms. The summed E-state index contributed by atoms with van der Waals surface area (Å²) in [6.45, 7) is 7.45. The van der Waals surface area contributed by atoms with Crippen LogP contribution in [0.5, 0.6) is 0 Å². The molecule has 0 aromatic heterocycles. The SMILES string of the molecule is CCNC(=NCCCS(=O)(=O)c1ccccc1)NC1CC(C)N(Cc2ccccc2)C1. The standard InChI is InChI=1S/C24H34N4O2S/c1-3-25-24(26-15-10-16-31(29,30)23-13-8-5-9-14-23)27-22-17-20(2)28(19-22)18-21-11-6-4-7-12-21/h4-9,11-14,20,22H,3,10,15-19H2,1-2H3,(H2,25,26,27). The minimum Gasteiger partial charge on any atom is -0.357 e. The lowest BCUT2D eigenvalue weighted by atomic mass is 10.2. The summed E-state index contributed by atoms with van der Waals surface area (Å²) in [7, 11) is -3.25. The van der Waals surface area contributed by atoms with Gasteiger partial charge in [-0.2, -0.15) is 0 Å². The largest absolute Gasteiger partial charge is 0.357 e. The monoisotopic (exact) mass is 442 g/mol. The van der Waals surface area contributed by atoms with Crippen LogP contribution in [0.15, 0.2) is 70.6 Å². The molecule has 168 valence electrons. The first-order valence-corrected chi connectivity index (χ1v) is 12.7. The van der Waals surface area contributed by atoms with Gasteiger partial charge < -0.3 is 10.6 Å². The highest BCUT2D eigenvalue weighted by molar-refractivity contribution is 7.91. The zero-order valence-electron chi connectivity index (χ0n) is 18.5. The molecule has 0 spiro atoms. The molecule has 0 amide bonds. The smallest absolute Gasteiger partial charge is 0.191 e. The first-order chi connectivity index (χ1) is 15.0. The first-order valence-electron chi connectivity index (χ1n) is 11.1. The van der Waals surface area contributed by atoms with E-state index in [0.29, 0.717) is 29.9 Å². The second-order valence-corrected chi connectivity index (χ2v) is 10.2. The highest BCUT2D eigenvalue weighted by Crippen LogP contribution is 2.20. The lowest BCUT2D eigenvalue weighted by Gasteiger charge is -2.21. The summed E-state index contributed by atoms with van der Waals surface area (Å²) < 4.78 is 24.8. The number of nitrogens with zero attached hydrogens (tertiary/aromatic N) is 2. The van der Waals surface area contributed by atoms with Crippen molar-refractivity contribution in [3.05, 3.63) is 66.2 Å². The molecule has 2 aromatic carbocycles. The Labute approximate surface area is 186 Å². The molecule has 2 atom stereocenters. The molecule has 2 unspecified atom stereocenters. The summed E-state index contributed by atoms with van der Waals surface area (Å²) >= 11 is 0. The Morgan fingerprint density at radius 2 is 1.77 bits per heavy atom. The molecule has 31 heavy (non-hydrogen) atoms. The molecule has 7 heteroatoms. The van der Waals surface area contributed by atoms with Gasteiger partial charge in [0.25, 0.3) is 0 Å². The Kier molecular flexibility index (Phi) is 8.49. The van der Waals surface area contributed by atoms with Gasteiger partial charge >= 0.3 is 0 Å². The normalized spacial score (nSPS) is 20.0. The number of aliphatic imine (C=N–C) groups is 1. The zero-order chi connectivity index (χ0) is 22.1. The fraction of sp³-hybridized carbons (Fsp3) is 0.458. The fourth-order valence-electron chi connectivity index (χ4n) is 3.95. The quantitative estimate of drug-likeness (QED) is 0.355. The Hall–Kier alpha value is -2.38. The molecule has 2 aromatic rings. The minimum atomic E-state index is -3.25. The molecule has 0 radical (unpaired) electrons. The van der Waals surface area contributed by atoms with E-state index in [-0.39, 0.29) is 5.75 Å². The maximum Gasteiger partial charge on any atom is 0.191 e. The lowest BCUT2D eigenvalue weighted by molar-refractivity contribution is 0.258. The zero-order valence-corrected chi connectivity index (χ0v) is 19.3. The highest BCUT2D eigenvalue weighted by Gasteiger charge is 2.29. The second-order valence-electron chi connectivity index (χ2n) is 8.09. The molecule has 0 saturated carbocycles. The van der Waals surface area contributed by atoms with Gasteiger partial charge in [-0.25, -0.2) is 8.42 Å². The summed E-state index contributed by atoms with van der Waals surface area (Å²) in [5, 5.41) is 6.83. The van der Waals surface area contributed by atoms with E-state index in [4.69, 9.17) is 0 Å². The average Bonchev–Trinajstić information content (AvgIpc) is 3.11. The van der Waals surface area contributed by atoms with Crippen LogP contribution in [-0.4, -0.2) is 56.7 Å². The van der Waals surface area contributed by atoms with Crippen molar-refractivity contribution in [2.45, 2.75) is 50.2 Å². The van der Waals surface area contributed by atoms with E-state index < -0.39 is 9.84 Å². The van der Waals surface area contributed by atoms with Crippen molar-refractivity contribution < 1.29 is 8.42 Å². The molecule has 1 fully saturated rings. The number of hydrogen-bond acceptors (Lipinski definition) is 4. The van der Waals surface area contributed by atoms with Gasteiger partial charge in [-0.3, -0.25) is 9.89 Å². The number of guanidine groups is 1. The van der Waals surface area contributed by atoms with Crippen molar-refractivity contribution in [1.82, 2.24) is 15.5 Å². The Morgan fingerprint density at radius 1 is 1.10 bits per heavy atom. The van der Waals surface area contributed by atoms with E-state index in [0.717, 1.165) is 32.0 Å². The summed E-state index contributed by atoms with van der Waals surface area (Å²) in [5.74, 6) is 0.865. The lowest BCUT2D eigenvalue weighted by Crippen LogP contribution is -2.44. The van der Waals surface area contributed by atoms with E-state index in [9.17, 15) is 8.42 Å². The van der Waals surface area contributed by atoms with Crippen molar-refractivity contribution in [1.29, 1.82) is 0 Å². The predicted octanol–water partition coefficient (Wildman–Crippen LogP) is 3.07. The van der Waals surface area contributed by atoms with E-state index in [1.807, 2.05) is 19.1 Å². The van der Waals surface area contributed by atoms with Gasteiger partial charge in [0.05, 0.1) is 10.6 Å². The molecule has 1 aliphatic heterocycles. The summed E-state index contributed by atoms with van der Waals surface area (Å²) in [5.41, 5.74) is 1.33. The Morgan fingerprint density at radius 3 is 2.45 bits per heavy atom. The maximum atomic E-state index is 12.4. The van der Waals surface area contributed by atoms with Crippen molar-refractivity contribution >= 4 is 15.8 Å². The summed E-state index contributed by atoms with van der Waals surface area (Å²) in [6.07, 6.45) is 1.55. The Balaban J connectivity index is 1.50. The average molecular weight is 443 g/mol. The number of benzene rings is 2. The molecule has 6 nitrogen and oxygen atoms in total. The van der Waals surface area contributed by atoms with Crippen molar-refractivity contribution in [3.8, 4) is 0 Å². The molecule has 3 rings (SSSR count). The van der Waals surface area contributed by atoms with Crippen molar-refractivity contribution in [3.63, 3.8) is 0 Å². The third kappa shape index (κ3) is 7.08. The van der Waals surface area contributed by atoms with Crippen LogP contribution in [0.1, 0.15) is 32.3 Å². The van der Waals surface area contributed by atoms with Crippen LogP contribution in [0.25, 0.3) is 0 Å². The van der Waals surface area contributed by atoms with Gasteiger partial charge in [-0.15, -0.1) is 0 Å². The van der Waals surface area contributed by atoms with E-state index in [1.165, 1.54) is 5.56 Å². The summed E-state index contributed by atoms with van der Waals surface area (Å²) in [4.78, 5) is 7.49. The van der Waals surface area contributed by atoms with Gasteiger partial charge in [-0.1, -0.05) is 48.5 Å². The van der Waals surface area contributed by atoms with Gasteiger partial charge in [0.2, 0.25) is 0 Å². The maximum absolute atomic E-state index is 12.4. The van der Waals surface area contributed by atoms with Crippen LogP contribution in [0.2, 0.25) is 0 Å². The first kappa shape index (κ1) is 23.3. The molecule has 0 aliphatic carbocycles. The topological polar surface area (TPSA) is 73.8 Å². The van der Waals surface area contributed by atoms with Crippen LogP contribution >= 0.6 is 0 Å². The van der Waals surface area contributed by atoms with Crippen LogP contribution < -0.4 is 10.6 Å². The summed E-state index contributed by atoms with van der Waals surface area (Å²) in [6, 6.07) is 20.0. The molecule has 1 saturated heterocycles.